The number of aromatic carboxylic acids is 1. The molecule has 92 valence electrons. The number of carbonyl (C=O) groups is 1. The van der Waals surface area contributed by atoms with Gasteiger partial charge in [-0.05, 0) is 42.0 Å². The molecule has 2 aromatic carbocycles. The first-order valence-electron chi connectivity index (χ1n) is 5.40. The first-order valence-corrected chi connectivity index (χ1v) is 6.21. The molecule has 0 bridgehead atoms. The second-order valence-electron chi connectivity index (χ2n) is 3.73. The molecule has 0 fully saturated rings. The van der Waals surface area contributed by atoms with Crippen molar-refractivity contribution in [2.75, 3.05) is 0 Å². The molecule has 0 amide bonds. The average Bonchev–Trinajstić information content (AvgIpc) is 2.40. The van der Waals surface area contributed by atoms with Crippen LogP contribution in [0.15, 0.2) is 58.3 Å². The Balaban J connectivity index is 2.10. The molecule has 2 N–H and O–H groups in total. The minimum absolute atomic E-state index is 0.0399. The van der Waals surface area contributed by atoms with Gasteiger partial charge in [-0.1, -0.05) is 23.9 Å². The fourth-order valence-electron chi connectivity index (χ4n) is 1.46. The van der Waals surface area contributed by atoms with Gasteiger partial charge in [-0.15, -0.1) is 0 Å². The molecule has 0 aliphatic rings. The summed E-state index contributed by atoms with van der Waals surface area (Å²) in [5, 5.41) is 17.7. The zero-order valence-corrected chi connectivity index (χ0v) is 10.4. The zero-order valence-electron chi connectivity index (χ0n) is 9.54. The Labute approximate surface area is 109 Å². The molecule has 0 aliphatic heterocycles. The summed E-state index contributed by atoms with van der Waals surface area (Å²) in [6, 6.07) is 14.4. The molecule has 0 heterocycles. The Kier molecular flexibility index (Phi) is 4.02. The van der Waals surface area contributed by atoms with E-state index in [0.717, 1.165) is 15.4 Å². The highest BCUT2D eigenvalue weighted by molar-refractivity contribution is 7.99. The van der Waals surface area contributed by atoms with Crippen LogP contribution in [0.5, 0.6) is 0 Å². The van der Waals surface area contributed by atoms with Gasteiger partial charge in [0, 0.05) is 9.79 Å². The second-order valence-corrected chi connectivity index (χ2v) is 4.88. The van der Waals surface area contributed by atoms with Gasteiger partial charge in [-0.25, -0.2) is 4.79 Å². The van der Waals surface area contributed by atoms with Crippen LogP contribution in [-0.4, -0.2) is 16.2 Å². The van der Waals surface area contributed by atoms with Gasteiger partial charge >= 0.3 is 5.97 Å². The summed E-state index contributed by atoms with van der Waals surface area (Å²) < 4.78 is 0. The lowest BCUT2D eigenvalue weighted by Gasteiger charge is -2.03. The van der Waals surface area contributed by atoms with Crippen LogP contribution >= 0.6 is 11.8 Å². The van der Waals surface area contributed by atoms with Crippen molar-refractivity contribution in [1.82, 2.24) is 0 Å². The number of hydrogen-bond acceptors (Lipinski definition) is 3. The number of aliphatic hydroxyl groups is 1. The average molecular weight is 260 g/mol. The highest BCUT2D eigenvalue weighted by Gasteiger charge is 2.02. The van der Waals surface area contributed by atoms with E-state index >= 15 is 0 Å². The summed E-state index contributed by atoms with van der Waals surface area (Å²) in [6.45, 7) is 0.0399. The van der Waals surface area contributed by atoms with Gasteiger partial charge in [0.1, 0.15) is 0 Å². The lowest BCUT2D eigenvalue weighted by molar-refractivity contribution is 0.0697. The Morgan fingerprint density at radius 3 is 1.89 bits per heavy atom. The number of rotatable bonds is 4. The SMILES string of the molecule is O=C(O)c1ccc(Sc2ccc(CO)cc2)cc1. The molecule has 0 spiro atoms. The molecule has 0 saturated carbocycles. The van der Waals surface area contributed by atoms with Gasteiger partial charge in [-0.3, -0.25) is 0 Å². The molecule has 3 nitrogen and oxygen atoms in total. The quantitative estimate of drug-likeness (QED) is 0.887. The molecule has 2 rings (SSSR count). The predicted octanol–water partition coefficient (Wildman–Crippen LogP) is 3.03. The van der Waals surface area contributed by atoms with Crippen LogP contribution in [0.3, 0.4) is 0 Å². The molecular weight excluding hydrogens is 248 g/mol. The van der Waals surface area contributed by atoms with Crippen molar-refractivity contribution in [3.05, 3.63) is 59.7 Å². The van der Waals surface area contributed by atoms with E-state index in [9.17, 15) is 4.79 Å². The molecule has 2 aromatic rings. The van der Waals surface area contributed by atoms with Crippen molar-refractivity contribution < 1.29 is 15.0 Å². The number of hydrogen-bond donors (Lipinski definition) is 2. The summed E-state index contributed by atoms with van der Waals surface area (Å²) in [4.78, 5) is 12.7. The van der Waals surface area contributed by atoms with Crippen molar-refractivity contribution in [3.63, 3.8) is 0 Å². The molecule has 0 aromatic heterocycles. The Hall–Kier alpha value is -1.78. The first kappa shape index (κ1) is 12.7. The Morgan fingerprint density at radius 2 is 1.44 bits per heavy atom. The van der Waals surface area contributed by atoms with Crippen LogP contribution in [-0.2, 0) is 6.61 Å². The first-order chi connectivity index (χ1) is 8.69. The molecule has 0 saturated heterocycles. The van der Waals surface area contributed by atoms with Crippen molar-refractivity contribution in [2.24, 2.45) is 0 Å². The van der Waals surface area contributed by atoms with Crippen LogP contribution in [0.2, 0.25) is 0 Å². The maximum atomic E-state index is 10.7. The third-order valence-corrected chi connectivity index (χ3v) is 3.46. The van der Waals surface area contributed by atoms with Gasteiger partial charge in [0.05, 0.1) is 12.2 Å². The Bertz CT molecular complexity index is 532. The van der Waals surface area contributed by atoms with Gasteiger partial charge in [-0.2, -0.15) is 0 Å². The molecule has 0 radical (unpaired) electrons. The minimum atomic E-state index is -0.918. The summed E-state index contributed by atoms with van der Waals surface area (Å²) in [5.41, 5.74) is 1.16. The number of carboxylic acid groups (broad SMARTS) is 1. The fraction of sp³-hybridized carbons (Fsp3) is 0.0714. The summed E-state index contributed by atoms with van der Waals surface area (Å²) in [7, 11) is 0. The predicted molar refractivity (Wildman–Crippen MR) is 69.9 cm³/mol. The maximum absolute atomic E-state index is 10.7. The number of aliphatic hydroxyl groups excluding tert-OH is 1. The fourth-order valence-corrected chi connectivity index (χ4v) is 2.28. The largest absolute Gasteiger partial charge is 0.478 e. The van der Waals surface area contributed by atoms with Crippen LogP contribution in [0.4, 0.5) is 0 Å². The van der Waals surface area contributed by atoms with Crippen LogP contribution in [0.25, 0.3) is 0 Å². The van der Waals surface area contributed by atoms with E-state index in [0.29, 0.717) is 0 Å². The summed E-state index contributed by atoms with van der Waals surface area (Å²) in [5.74, 6) is -0.918. The van der Waals surface area contributed by atoms with Crippen molar-refractivity contribution in [2.45, 2.75) is 16.4 Å². The van der Waals surface area contributed by atoms with Crippen LogP contribution in [0.1, 0.15) is 15.9 Å². The summed E-state index contributed by atoms with van der Waals surface area (Å²) >= 11 is 1.55. The van der Waals surface area contributed by atoms with Crippen LogP contribution < -0.4 is 0 Å². The summed E-state index contributed by atoms with van der Waals surface area (Å²) in [6.07, 6.45) is 0. The third-order valence-electron chi connectivity index (χ3n) is 2.44. The van der Waals surface area contributed by atoms with E-state index < -0.39 is 5.97 Å². The molecule has 4 heteroatoms. The molecular formula is C14H12O3S. The van der Waals surface area contributed by atoms with Gasteiger partial charge in [0.2, 0.25) is 0 Å². The standard InChI is InChI=1S/C14H12O3S/c15-9-10-1-5-12(6-2-10)18-13-7-3-11(4-8-13)14(16)17/h1-8,15H,9H2,(H,16,17). The maximum Gasteiger partial charge on any atom is 0.335 e. The highest BCUT2D eigenvalue weighted by Crippen LogP contribution is 2.27. The second kappa shape index (κ2) is 5.71. The van der Waals surface area contributed by atoms with Gasteiger partial charge in [0.15, 0.2) is 0 Å². The molecule has 18 heavy (non-hydrogen) atoms. The topological polar surface area (TPSA) is 57.5 Å². The smallest absolute Gasteiger partial charge is 0.335 e. The molecule has 0 aliphatic carbocycles. The normalized spacial score (nSPS) is 10.3. The molecule has 0 atom stereocenters. The van der Waals surface area contributed by atoms with Gasteiger partial charge in [0.25, 0.3) is 0 Å². The monoisotopic (exact) mass is 260 g/mol. The highest BCUT2D eigenvalue weighted by atomic mass is 32.2. The third kappa shape index (κ3) is 3.12. The van der Waals surface area contributed by atoms with Crippen molar-refractivity contribution in [3.8, 4) is 0 Å². The van der Waals surface area contributed by atoms with E-state index in [2.05, 4.69) is 0 Å². The van der Waals surface area contributed by atoms with E-state index in [-0.39, 0.29) is 12.2 Å². The van der Waals surface area contributed by atoms with E-state index in [1.807, 2.05) is 24.3 Å². The van der Waals surface area contributed by atoms with Crippen molar-refractivity contribution in [1.29, 1.82) is 0 Å². The van der Waals surface area contributed by atoms with E-state index in [4.69, 9.17) is 10.2 Å². The van der Waals surface area contributed by atoms with Gasteiger partial charge < -0.3 is 10.2 Å². The Morgan fingerprint density at radius 1 is 0.944 bits per heavy atom. The molecule has 0 unspecified atom stereocenters. The lowest BCUT2D eigenvalue weighted by Crippen LogP contribution is -1.94. The number of benzene rings is 2. The zero-order chi connectivity index (χ0) is 13.0. The van der Waals surface area contributed by atoms with E-state index in [1.165, 1.54) is 0 Å². The van der Waals surface area contributed by atoms with Crippen LogP contribution in [0, 0.1) is 0 Å². The minimum Gasteiger partial charge on any atom is -0.478 e. The number of carboxylic acids is 1. The lowest BCUT2D eigenvalue weighted by atomic mass is 10.2. The van der Waals surface area contributed by atoms with Crippen molar-refractivity contribution >= 4 is 17.7 Å². The van der Waals surface area contributed by atoms with E-state index in [1.54, 1.807) is 36.0 Å².